The number of likely N-dealkylation sites (N-methyl/N-ethyl adjacent to an activating group) is 1. The fourth-order valence-corrected chi connectivity index (χ4v) is 5.23. The molecule has 0 aliphatic carbocycles. The number of piperazine rings is 1. The van der Waals surface area contributed by atoms with E-state index in [9.17, 15) is 9.59 Å². The summed E-state index contributed by atoms with van der Waals surface area (Å²) in [5.74, 6) is 0.646. The number of halogens is 1. The second-order valence-electron chi connectivity index (χ2n) is 10.5. The first-order valence-electron chi connectivity index (χ1n) is 13.4. The minimum atomic E-state index is -0.957. The summed E-state index contributed by atoms with van der Waals surface area (Å²) in [6.07, 6.45) is 0.411. The molecule has 2 aromatic carbocycles. The van der Waals surface area contributed by atoms with Crippen molar-refractivity contribution in [3.8, 4) is 5.75 Å². The van der Waals surface area contributed by atoms with Crippen LogP contribution in [0.2, 0.25) is 5.02 Å². The van der Waals surface area contributed by atoms with Crippen molar-refractivity contribution < 1.29 is 19.1 Å². The van der Waals surface area contributed by atoms with E-state index in [-0.39, 0.29) is 37.8 Å². The number of morpholine rings is 1. The molecular formula is C28H35ClN6O4. The van der Waals surface area contributed by atoms with Crippen molar-refractivity contribution in [1.82, 2.24) is 29.7 Å². The molecule has 0 N–H and O–H groups in total. The number of aryl methyl sites for hydroxylation is 2. The minimum absolute atomic E-state index is 0.0161. The number of hydrogen-bond acceptors (Lipinski definition) is 7. The van der Waals surface area contributed by atoms with Crippen molar-refractivity contribution in [2.75, 3.05) is 59.5 Å². The highest BCUT2D eigenvalue weighted by Crippen LogP contribution is 2.28. The van der Waals surface area contributed by atoms with Crippen molar-refractivity contribution in [1.29, 1.82) is 0 Å². The molecule has 3 heterocycles. The lowest BCUT2D eigenvalue weighted by Gasteiger charge is -2.43. The van der Waals surface area contributed by atoms with Gasteiger partial charge in [-0.05, 0) is 49.9 Å². The molecule has 2 amide bonds. The van der Waals surface area contributed by atoms with E-state index in [0.717, 1.165) is 29.7 Å². The van der Waals surface area contributed by atoms with Gasteiger partial charge in [-0.3, -0.25) is 9.59 Å². The number of benzene rings is 2. The van der Waals surface area contributed by atoms with Gasteiger partial charge >= 0.3 is 0 Å². The number of para-hydroxylation sites is 1. The molecule has 10 nitrogen and oxygen atoms in total. The number of carbonyl (C=O) groups is 2. The van der Waals surface area contributed by atoms with Crippen molar-refractivity contribution >= 4 is 34.4 Å². The van der Waals surface area contributed by atoms with Crippen LogP contribution in [0.5, 0.6) is 5.75 Å². The van der Waals surface area contributed by atoms with Crippen LogP contribution in [-0.2, 0) is 20.9 Å². The summed E-state index contributed by atoms with van der Waals surface area (Å²) in [7, 11) is 2.06. The Morgan fingerprint density at radius 1 is 1.05 bits per heavy atom. The Morgan fingerprint density at radius 2 is 1.85 bits per heavy atom. The summed E-state index contributed by atoms with van der Waals surface area (Å²) >= 11 is 6.19. The fourth-order valence-electron chi connectivity index (χ4n) is 5.11. The lowest BCUT2D eigenvalue weighted by molar-refractivity contribution is -0.166. The Kier molecular flexibility index (Phi) is 8.34. The maximum absolute atomic E-state index is 13.4. The molecule has 0 bridgehead atoms. The van der Waals surface area contributed by atoms with Gasteiger partial charge < -0.3 is 24.2 Å². The number of nitrogens with zero attached hydrogens (tertiary/aromatic N) is 6. The third kappa shape index (κ3) is 6.51. The molecule has 0 radical (unpaired) electrons. The number of ether oxygens (including phenoxy) is 2. The van der Waals surface area contributed by atoms with E-state index >= 15 is 0 Å². The second kappa shape index (κ2) is 11.9. The van der Waals surface area contributed by atoms with Crippen LogP contribution in [-0.4, -0.2) is 107 Å². The number of carbonyl (C=O) groups excluding carboxylic acids is 2. The second-order valence-corrected chi connectivity index (χ2v) is 10.9. The highest BCUT2D eigenvalue weighted by molar-refractivity contribution is 6.31. The van der Waals surface area contributed by atoms with Crippen molar-refractivity contribution in [2.45, 2.75) is 31.9 Å². The van der Waals surface area contributed by atoms with E-state index in [4.69, 9.17) is 21.1 Å². The number of fused-ring (bicyclic) bond motifs is 1. The Morgan fingerprint density at radius 3 is 2.64 bits per heavy atom. The maximum Gasteiger partial charge on any atom is 0.225 e. The van der Waals surface area contributed by atoms with Crippen LogP contribution in [0.3, 0.4) is 0 Å². The van der Waals surface area contributed by atoms with Gasteiger partial charge in [-0.25, -0.2) is 4.68 Å². The molecule has 3 aromatic rings. The van der Waals surface area contributed by atoms with E-state index in [1.807, 2.05) is 42.2 Å². The average molecular weight is 555 g/mol. The summed E-state index contributed by atoms with van der Waals surface area (Å²) in [6, 6.07) is 13.2. The van der Waals surface area contributed by atoms with Gasteiger partial charge in [0.1, 0.15) is 23.5 Å². The third-order valence-corrected chi connectivity index (χ3v) is 7.94. The molecule has 1 aromatic heterocycles. The van der Waals surface area contributed by atoms with E-state index in [2.05, 4.69) is 22.3 Å². The topological polar surface area (TPSA) is 93.0 Å². The molecule has 2 aliphatic rings. The molecule has 208 valence electrons. The molecule has 0 unspecified atom stereocenters. The Balaban J connectivity index is 1.28. The number of rotatable bonds is 8. The Labute approximate surface area is 233 Å². The Hall–Kier alpha value is -3.21. The zero-order valence-electron chi connectivity index (χ0n) is 22.5. The van der Waals surface area contributed by atoms with Crippen LogP contribution in [0.1, 0.15) is 18.4 Å². The van der Waals surface area contributed by atoms with Crippen LogP contribution < -0.4 is 4.74 Å². The van der Waals surface area contributed by atoms with E-state index in [1.165, 1.54) is 0 Å². The number of hydrogen-bond donors (Lipinski definition) is 0. The van der Waals surface area contributed by atoms with Gasteiger partial charge in [0.05, 0.1) is 31.6 Å². The van der Waals surface area contributed by atoms with Gasteiger partial charge in [0.25, 0.3) is 0 Å². The smallest absolute Gasteiger partial charge is 0.225 e. The van der Waals surface area contributed by atoms with Crippen LogP contribution in [0, 0.1) is 6.92 Å². The van der Waals surface area contributed by atoms with Gasteiger partial charge in [-0.1, -0.05) is 28.9 Å². The molecule has 0 saturated carbocycles. The zero-order valence-corrected chi connectivity index (χ0v) is 23.3. The van der Waals surface area contributed by atoms with Crippen LogP contribution in [0.15, 0.2) is 42.5 Å². The summed E-state index contributed by atoms with van der Waals surface area (Å²) in [4.78, 5) is 32.6. The van der Waals surface area contributed by atoms with Crippen molar-refractivity contribution in [2.24, 2.45) is 0 Å². The number of aromatic nitrogens is 3. The minimum Gasteiger partial charge on any atom is -0.490 e. The van der Waals surface area contributed by atoms with E-state index in [1.54, 1.807) is 21.7 Å². The highest BCUT2D eigenvalue weighted by Gasteiger charge is 2.42. The van der Waals surface area contributed by atoms with Crippen LogP contribution >= 0.6 is 11.6 Å². The SMILES string of the molecule is Cc1cc(OC[C@]2(CC(=O)N3CCN(C)CC3)CN(C(=O)CCn3nnc4ccccc43)CCO2)ccc1Cl. The third-order valence-electron chi connectivity index (χ3n) is 7.52. The van der Waals surface area contributed by atoms with Crippen molar-refractivity contribution in [3.05, 3.63) is 53.1 Å². The first-order chi connectivity index (χ1) is 18.8. The maximum atomic E-state index is 13.4. The molecular weight excluding hydrogens is 520 g/mol. The average Bonchev–Trinajstić information content (AvgIpc) is 3.36. The predicted molar refractivity (Wildman–Crippen MR) is 148 cm³/mol. The summed E-state index contributed by atoms with van der Waals surface area (Å²) < 4.78 is 14.2. The normalized spacial score (nSPS) is 20.4. The first-order valence-corrected chi connectivity index (χ1v) is 13.7. The van der Waals surface area contributed by atoms with E-state index < -0.39 is 5.60 Å². The van der Waals surface area contributed by atoms with Crippen LogP contribution in [0.4, 0.5) is 0 Å². The lowest BCUT2D eigenvalue weighted by Crippen LogP contribution is -2.59. The molecule has 1 atom stereocenters. The largest absolute Gasteiger partial charge is 0.490 e. The summed E-state index contributed by atoms with van der Waals surface area (Å²) in [6.45, 7) is 6.57. The monoisotopic (exact) mass is 554 g/mol. The van der Waals surface area contributed by atoms with Gasteiger partial charge in [0.15, 0.2) is 0 Å². The number of amides is 2. The summed E-state index contributed by atoms with van der Waals surface area (Å²) in [5.41, 5.74) is 1.64. The zero-order chi connectivity index (χ0) is 27.4. The van der Waals surface area contributed by atoms with Gasteiger partial charge in [-0.15, -0.1) is 5.10 Å². The molecule has 0 spiro atoms. The molecule has 2 saturated heterocycles. The first kappa shape index (κ1) is 27.4. The fraction of sp³-hybridized carbons (Fsp3) is 0.500. The standard InChI is InChI=1S/C28H35ClN6O4/c1-21-17-22(7-8-23(21)29)38-20-28(18-27(37)33-13-11-32(2)12-14-33)19-34(15-16-39-28)26(36)9-10-35-25-6-4-3-5-24(25)30-31-35/h3-8,17H,9-16,18-20H2,1-2H3/t28-/m0/s1. The predicted octanol–water partition coefficient (Wildman–Crippen LogP) is 2.62. The van der Waals surface area contributed by atoms with E-state index in [0.29, 0.717) is 43.6 Å². The lowest BCUT2D eigenvalue weighted by atomic mass is 9.96. The quantitative estimate of drug-likeness (QED) is 0.422. The molecule has 2 aliphatic heterocycles. The summed E-state index contributed by atoms with van der Waals surface area (Å²) in [5, 5.41) is 9.04. The highest BCUT2D eigenvalue weighted by atomic mass is 35.5. The van der Waals surface area contributed by atoms with Gasteiger partial charge in [0, 0.05) is 44.2 Å². The van der Waals surface area contributed by atoms with Gasteiger partial charge in [0.2, 0.25) is 11.8 Å². The van der Waals surface area contributed by atoms with Gasteiger partial charge in [-0.2, -0.15) is 0 Å². The van der Waals surface area contributed by atoms with Crippen molar-refractivity contribution in [3.63, 3.8) is 0 Å². The molecule has 11 heteroatoms. The molecule has 2 fully saturated rings. The van der Waals surface area contributed by atoms with Crippen LogP contribution in [0.25, 0.3) is 11.0 Å². The molecule has 5 rings (SSSR count). The Bertz CT molecular complexity index is 1320. The molecule has 39 heavy (non-hydrogen) atoms.